The summed E-state index contributed by atoms with van der Waals surface area (Å²) in [6.45, 7) is 2.65. The molecule has 20 heavy (non-hydrogen) atoms. The van der Waals surface area contributed by atoms with E-state index in [0.717, 1.165) is 15.7 Å². The average Bonchev–Trinajstić information content (AvgIpc) is 2.41. The number of aromatic nitrogens is 2. The van der Waals surface area contributed by atoms with E-state index in [-0.39, 0.29) is 0 Å². The molecule has 0 saturated carbocycles. The van der Waals surface area contributed by atoms with E-state index < -0.39 is 11.7 Å². The first-order valence-electron chi connectivity index (χ1n) is 5.86. The van der Waals surface area contributed by atoms with Gasteiger partial charge in [-0.15, -0.1) is 0 Å². The Morgan fingerprint density at radius 1 is 1.20 bits per heavy atom. The van der Waals surface area contributed by atoms with Crippen LogP contribution in [-0.4, -0.2) is 16.5 Å². The Balaban J connectivity index is 2.34. The average molecular weight is 393 g/mol. The zero-order valence-corrected chi connectivity index (χ0v) is 12.7. The smallest absolute Gasteiger partial charge is 0.369 e. The third kappa shape index (κ3) is 3.38. The molecule has 0 aliphatic rings. The van der Waals surface area contributed by atoms with Gasteiger partial charge in [-0.05, 0) is 41.6 Å². The van der Waals surface area contributed by atoms with Gasteiger partial charge in [0.25, 0.3) is 0 Å². The standard InChI is InChI=1S/C13H11F3IN3/c1-2-18-12-10(17)7-19-11(20-12)8-3-5-9(6-4-8)13(14,15)16/h3-7H,2H2,1H3,(H,18,19,20). The van der Waals surface area contributed by atoms with Crippen LogP contribution in [0, 0.1) is 3.57 Å². The van der Waals surface area contributed by atoms with Crippen molar-refractivity contribution >= 4 is 28.4 Å². The van der Waals surface area contributed by atoms with Crippen molar-refractivity contribution in [3.8, 4) is 11.4 Å². The lowest BCUT2D eigenvalue weighted by atomic mass is 10.1. The van der Waals surface area contributed by atoms with E-state index in [9.17, 15) is 13.2 Å². The molecule has 2 aromatic rings. The molecule has 0 radical (unpaired) electrons. The van der Waals surface area contributed by atoms with Crippen LogP contribution >= 0.6 is 22.6 Å². The summed E-state index contributed by atoms with van der Waals surface area (Å²) in [6.07, 6.45) is -2.70. The SMILES string of the molecule is CCNc1nc(-c2ccc(C(F)(F)F)cc2)ncc1I. The van der Waals surface area contributed by atoms with E-state index in [2.05, 4.69) is 37.9 Å². The molecule has 2 rings (SSSR count). The molecule has 0 amide bonds. The number of rotatable bonds is 3. The minimum Gasteiger partial charge on any atom is -0.369 e. The van der Waals surface area contributed by atoms with Gasteiger partial charge in [-0.2, -0.15) is 13.2 Å². The van der Waals surface area contributed by atoms with Gasteiger partial charge in [-0.1, -0.05) is 12.1 Å². The van der Waals surface area contributed by atoms with Gasteiger partial charge in [0.1, 0.15) is 5.82 Å². The fourth-order valence-electron chi connectivity index (χ4n) is 1.61. The molecule has 0 fully saturated rings. The van der Waals surface area contributed by atoms with Gasteiger partial charge in [0.05, 0.1) is 9.13 Å². The monoisotopic (exact) mass is 393 g/mol. The first-order valence-corrected chi connectivity index (χ1v) is 6.93. The van der Waals surface area contributed by atoms with E-state index in [4.69, 9.17) is 0 Å². The second kappa shape index (κ2) is 5.94. The van der Waals surface area contributed by atoms with Crippen molar-refractivity contribution in [3.05, 3.63) is 39.6 Å². The van der Waals surface area contributed by atoms with Gasteiger partial charge in [0, 0.05) is 18.3 Å². The third-order valence-corrected chi connectivity index (χ3v) is 3.35. The Morgan fingerprint density at radius 3 is 2.40 bits per heavy atom. The molecule has 0 aliphatic carbocycles. The number of nitrogens with zero attached hydrogens (tertiary/aromatic N) is 2. The summed E-state index contributed by atoms with van der Waals surface area (Å²) in [5.74, 6) is 1.08. The van der Waals surface area contributed by atoms with Gasteiger partial charge in [0.15, 0.2) is 5.82 Å². The molecule has 7 heteroatoms. The second-order valence-corrected chi connectivity index (χ2v) is 5.16. The van der Waals surface area contributed by atoms with Crippen LogP contribution in [0.2, 0.25) is 0 Å². The number of benzene rings is 1. The lowest BCUT2D eigenvalue weighted by Crippen LogP contribution is -2.05. The van der Waals surface area contributed by atoms with Crippen LogP contribution in [-0.2, 0) is 6.18 Å². The summed E-state index contributed by atoms with van der Waals surface area (Å²) >= 11 is 2.10. The molecule has 1 heterocycles. The van der Waals surface area contributed by atoms with E-state index in [0.29, 0.717) is 23.8 Å². The Bertz CT molecular complexity index is 597. The van der Waals surface area contributed by atoms with Crippen molar-refractivity contribution in [2.45, 2.75) is 13.1 Å². The first kappa shape index (κ1) is 15.0. The van der Waals surface area contributed by atoms with Crippen molar-refractivity contribution in [2.24, 2.45) is 0 Å². The maximum absolute atomic E-state index is 12.5. The van der Waals surface area contributed by atoms with E-state index in [1.54, 1.807) is 6.20 Å². The molecule has 0 aliphatic heterocycles. The fraction of sp³-hybridized carbons (Fsp3) is 0.231. The van der Waals surface area contributed by atoms with E-state index in [1.807, 2.05) is 6.92 Å². The van der Waals surface area contributed by atoms with Crippen LogP contribution in [0.4, 0.5) is 19.0 Å². The molecule has 0 spiro atoms. The van der Waals surface area contributed by atoms with E-state index >= 15 is 0 Å². The number of hydrogen-bond donors (Lipinski definition) is 1. The number of anilines is 1. The quantitative estimate of drug-likeness (QED) is 0.795. The number of nitrogens with one attached hydrogen (secondary N) is 1. The number of halogens is 4. The maximum Gasteiger partial charge on any atom is 0.416 e. The van der Waals surface area contributed by atoms with Crippen molar-refractivity contribution < 1.29 is 13.2 Å². The minimum absolute atomic E-state index is 0.398. The molecule has 1 aromatic carbocycles. The summed E-state index contributed by atoms with van der Waals surface area (Å²) in [5.41, 5.74) is -0.132. The summed E-state index contributed by atoms with van der Waals surface area (Å²) in [6, 6.07) is 4.81. The van der Waals surface area contributed by atoms with Crippen LogP contribution in [0.25, 0.3) is 11.4 Å². The van der Waals surface area contributed by atoms with Crippen LogP contribution in [0.5, 0.6) is 0 Å². The summed E-state index contributed by atoms with van der Waals surface area (Å²) in [7, 11) is 0. The van der Waals surface area contributed by atoms with Gasteiger partial charge >= 0.3 is 6.18 Å². The Morgan fingerprint density at radius 2 is 1.85 bits per heavy atom. The molecular formula is C13H11F3IN3. The Kier molecular flexibility index (Phi) is 4.46. The predicted octanol–water partition coefficient (Wildman–Crippen LogP) is 4.20. The van der Waals surface area contributed by atoms with Crippen molar-refractivity contribution in [1.29, 1.82) is 0 Å². The normalized spacial score (nSPS) is 11.4. The number of alkyl halides is 3. The Labute approximate surface area is 127 Å². The van der Waals surface area contributed by atoms with Crippen LogP contribution < -0.4 is 5.32 Å². The molecule has 1 N–H and O–H groups in total. The van der Waals surface area contributed by atoms with Crippen LogP contribution in [0.1, 0.15) is 12.5 Å². The van der Waals surface area contributed by atoms with Gasteiger partial charge in [-0.25, -0.2) is 9.97 Å². The second-order valence-electron chi connectivity index (χ2n) is 4.00. The highest BCUT2D eigenvalue weighted by Crippen LogP contribution is 2.30. The number of hydrogen-bond acceptors (Lipinski definition) is 3. The highest BCUT2D eigenvalue weighted by Gasteiger charge is 2.30. The lowest BCUT2D eigenvalue weighted by Gasteiger charge is -2.09. The maximum atomic E-state index is 12.5. The van der Waals surface area contributed by atoms with Gasteiger partial charge in [-0.3, -0.25) is 0 Å². The minimum atomic E-state index is -4.33. The highest BCUT2D eigenvalue weighted by atomic mass is 127. The molecule has 1 aromatic heterocycles. The molecule has 0 saturated heterocycles. The van der Waals surface area contributed by atoms with Gasteiger partial charge in [0.2, 0.25) is 0 Å². The fourth-order valence-corrected chi connectivity index (χ4v) is 2.06. The van der Waals surface area contributed by atoms with Crippen molar-refractivity contribution in [2.75, 3.05) is 11.9 Å². The summed E-state index contributed by atoms with van der Waals surface area (Å²) in [5, 5.41) is 3.08. The predicted molar refractivity (Wildman–Crippen MR) is 79.4 cm³/mol. The zero-order valence-electron chi connectivity index (χ0n) is 10.5. The largest absolute Gasteiger partial charge is 0.416 e. The summed E-state index contributed by atoms with van der Waals surface area (Å²) < 4.78 is 38.4. The summed E-state index contributed by atoms with van der Waals surface area (Å²) in [4.78, 5) is 8.46. The van der Waals surface area contributed by atoms with Crippen LogP contribution in [0.3, 0.4) is 0 Å². The Hall–Kier alpha value is -1.38. The van der Waals surface area contributed by atoms with Gasteiger partial charge < -0.3 is 5.32 Å². The molecule has 3 nitrogen and oxygen atoms in total. The van der Waals surface area contributed by atoms with Crippen molar-refractivity contribution in [3.63, 3.8) is 0 Å². The zero-order chi connectivity index (χ0) is 14.8. The molecule has 0 unspecified atom stereocenters. The molecule has 106 valence electrons. The topological polar surface area (TPSA) is 37.8 Å². The lowest BCUT2D eigenvalue weighted by molar-refractivity contribution is -0.137. The molecular weight excluding hydrogens is 382 g/mol. The van der Waals surface area contributed by atoms with Crippen LogP contribution in [0.15, 0.2) is 30.5 Å². The van der Waals surface area contributed by atoms with Crippen molar-refractivity contribution in [1.82, 2.24) is 9.97 Å². The molecule has 0 bridgehead atoms. The molecule has 0 atom stereocenters. The first-order chi connectivity index (χ1) is 9.41. The highest BCUT2D eigenvalue weighted by molar-refractivity contribution is 14.1. The van der Waals surface area contributed by atoms with E-state index in [1.165, 1.54) is 12.1 Å². The third-order valence-electron chi connectivity index (χ3n) is 2.56.